The Labute approximate surface area is 283 Å². The summed E-state index contributed by atoms with van der Waals surface area (Å²) < 4.78 is 0. The van der Waals surface area contributed by atoms with E-state index in [1.807, 2.05) is 12.3 Å². The van der Waals surface area contributed by atoms with Gasteiger partial charge in [0.05, 0.1) is 16.7 Å². The molecular formula is C47H30N2. The minimum atomic E-state index is 1.01. The van der Waals surface area contributed by atoms with Crippen molar-refractivity contribution in [3.8, 4) is 33.5 Å². The molecule has 2 nitrogen and oxygen atoms in total. The fourth-order valence-corrected chi connectivity index (χ4v) is 7.88. The van der Waals surface area contributed by atoms with E-state index < -0.39 is 0 Å². The van der Waals surface area contributed by atoms with Crippen molar-refractivity contribution in [1.29, 1.82) is 0 Å². The van der Waals surface area contributed by atoms with Crippen molar-refractivity contribution in [1.82, 2.24) is 9.97 Å². The highest BCUT2D eigenvalue weighted by Crippen LogP contribution is 2.41. The predicted molar refractivity (Wildman–Crippen MR) is 208 cm³/mol. The van der Waals surface area contributed by atoms with Crippen molar-refractivity contribution < 1.29 is 0 Å². The molecule has 0 radical (unpaired) electrons. The molecule has 228 valence electrons. The van der Waals surface area contributed by atoms with Gasteiger partial charge in [-0.05, 0) is 67.7 Å². The molecule has 0 fully saturated rings. The van der Waals surface area contributed by atoms with Gasteiger partial charge in [0.25, 0.3) is 0 Å². The molecule has 10 rings (SSSR count). The Balaban J connectivity index is 1.07. The third-order valence-electron chi connectivity index (χ3n) is 10.2. The van der Waals surface area contributed by atoms with Gasteiger partial charge < -0.3 is 0 Å². The van der Waals surface area contributed by atoms with Gasteiger partial charge in [0.15, 0.2) is 0 Å². The molecule has 10 aromatic rings. The Morgan fingerprint density at radius 3 is 1.65 bits per heavy atom. The van der Waals surface area contributed by atoms with Gasteiger partial charge in [0.1, 0.15) is 0 Å². The second-order valence-corrected chi connectivity index (χ2v) is 13.0. The summed E-state index contributed by atoms with van der Waals surface area (Å²) in [7, 11) is 0. The fraction of sp³-hybridized carbons (Fsp3) is 0.0213. The van der Waals surface area contributed by atoms with Crippen LogP contribution in [0.4, 0.5) is 0 Å². The zero-order valence-electron chi connectivity index (χ0n) is 27.0. The monoisotopic (exact) mass is 622 g/mol. The highest BCUT2D eigenvalue weighted by Gasteiger charge is 2.16. The standard InChI is InChI=1S/C47H30N2/c1-29-16-26-35(40-27-25-33-9-8-28-48-46(33)43(29)40)32-21-17-30(18-22-32)31-19-23-34(24-20-31)45-42-15-7-5-13-39(42)44-38-12-4-2-10-36(38)37-11-3-6-14-41(37)47(44)49-45/h2-28H,1H3. The summed E-state index contributed by atoms with van der Waals surface area (Å²) in [6, 6.07) is 57.0. The molecule has 2 aromatic heterocycles. The van der Waals surface area contributed by atoms with Crippen LogP contribution in [0.5, 0.6) is 0 Å². The number of aromatic nitrogens is 2. The van der Waals surface area contributed by atoms with Gasteiger partial charge in [-0.1, -0.05) is 152 Å². The first-order valence-corrected chi connectivity index (χ1v) is 16.8. The number of rotatable bonds is 3. The lowest BCUT2D eigenvalue weighted by Crippen LogP contribution is -1.92. The summed E-state index contributed by atoms with van der Waals surface area (Å²) in [5.74, 6) is 0. The summed E-state index contributed by atoms with van der Waals surface area (Å²) in [5, 5.41) is 12.2. The van der Waals surface area contributed by atoms with Crippen LogP contribution >= 0.6 is 0 Å². The maximum absolute atomic E-state index is 5.44. The van der Waals surface area contributed by atoms with E-state index in [0.29, 0.717) is 0 Å². The van der Waals surface area contributed by atoms with Crippen LogP contribution in [0.3, 0.4) is 0 Å². The molecule has 0 bridgehead atoms. The van der Waals surface area contributed by atoms with Gasteiger partial charge in [-0.15, -0.1) is 0 Å². The minimum absolute atomic E-state index is 1.01. The quantitative estimate of drug-likeness (QED) is 0.183. The number of benzene rings is 8. The van der Waals surface area contributed by atoms with E-state index in [1.165, 1.54) is 81.7 Å². The van der Waals surface area contributed by atoms with Gasteiger partial charge in [-0.3, -0.25) is 4.98 Å². The second-order valence-electron chi connectivity index (χ2n) is 13.0. The Hall–Kier alpha value is -6.38. The SMILES string of the molecule is Cc1ccc(-c2ccc(-c3ccc(-c4nc5c6ccccc6c6ccccc6c5c5ccccc45)cc3)cc2)c2ccc3cccnc3c12. The molecule has 0 spiro atoms. The van der Waals surface area contributed by atoms with E-state index in [2.05, 4.69) is 159 Å². The first-order valence-electron chi connectivity index (χ1n) is 16.8. The largest absolute Gasteiger partial charge is 0.256 e. The van der Waals surface area contributed by atoms with Crippen molar-refractivity contribution in [2.75, 3.05) is 0 Å². The van der Waals surface area contributed by atoms with E-state index in [4.69, 9.17) is 9.97 Å². The first-order chi connectivity index (χ1) is 24.2. The lowest BCUT2D eigenvalue weighted by atomic mass is 9.92. The molecule has 0 N–H and O–H groups in total. The Morgan fingerprint density at radius 1 is 0.367 bits per heavy atom. The molecule has 0 aliphatic heterocycles. The number of fused-ring (bicyclic) bond motifs is 11. The maximum Gasteiger partial charge on any atom is 0.0800 e. The Kier molecular flexibility index (Phi) is 6.13. The third-order valence-corrected chi connectivity index (χ3v) is 10.2. The average Bonchev–Trinajstić information content (AvgIpc) is 3.17. The number of hydrogen-bond acceptors (Lipinski definition) is 2. The summed E-state index contributed by atoms with van der Waals surface area (Å²) in [6.45, 7) is 2.17. The normalized spacial score (nSPS) is 11.8. The Bertz CT molecular complexity index is 2920. The predicted octanol–water partition coefficient (Wildman–Crippen LogP) is 12.7. The molecule has 0 atom stereocenters. The number of hydrogen-bond donors (Lipinski definition) is 0. The zero-order valence-corrected chi connectivity index (χ0v) is 27.0. The molecular weight excluding hydrogens is 593 g/mol. The lowest BCUT2D eigenvalue weighted by molar-refractivity contribution is 1.42. The van der Waals surface area contributed by atoms with Crippen molar-refractivity contribution in [3.63, 3.8) is 0 Å². The molecule has 0 saturated heterocycles. The summed E-state index contributed by atoms with van der Waals surface area (Å²) >= 11 is 0. The van der Waals surface area contributed by atoms with Crippen molar-refractivity contribution in [3.05, 3.63) is 169 Å². The number of nitrogens with zero attached hydrogens (tertiary/aromatic N) is 2. The van der Waals surface area contributed by atoms with Gasteiger partial charge in [0.2, 0.25) is 0 Å². The first kappa shape index (κ1) is 27.7. The molecule has 49 heavy (non-hydrogen) atoms. The van der Waals surface area contributed by atoms with E-state index in [0.717, 1.165) is 22.3 Å². The second kappa shape index (κ2) is 10.8. The molecule has 8 aromatic carbocycles. The fourth-order valence-electron chi connectivity index (χ4n) is 7.88. The van der Waals surface area contributed by atoms with Crippen molar-refractivity contribution in [2.24, 2.45) is 0 Å². The van der Waals surface area contributed by atoms with E-state index >= 15 is 0 Å². The highest BCUT2D eigenvalue weighted by molar-refractivity contribution is 6.31. The van der Waals surface area contributed by atoms with Crippen molar-refractivity contribution >= 4 is 64.9 Å². The van der Waals surface area contributed by atoms with Crippen LogP contribution in [-0.4, -0.2) is 9.97 Å². The van der Waals surface area contributed by atoms with Crippen LogP contribution < -0.4 is 0 Å². The molecule has 2 heterocycles. The molecule has 0 saturated carbocycles. The average molecular weight is 623 g/mol. The van der Waals surface area contributed by atoms with Crippen molar-refractivity contribution in [2.45, 2.75) is 6.92 Å². The van der Waals surface area contributed by atoms with Crippen LogP contribution in [0.25, 0.3) is 98.4 Å². The summed E-state index contributed by atoms with van der Waals surface area (Å²) in [4.78, 5) is 10.2. The van der Waals surface area contributed by atoms with E-state index in [-0.39, 0.29) is 0 Å². The minimum Gasteiger partial charge on any atom is -0.256 e. The maximum atomic E-state index is 5.44. The smallest absolute Gasteiger partial charge is 0.0800 e. The third kappa shape index (κ3) is 4.28. The van der Waals surface area contributed by atoms with E-state index in [1.54, 1.807) is 0 Å². The molecule has 0 aliphatic carbocycles. The Morgan fingerprint density at radius 2 is 0.939 bits per heavy atom. The summed E-state index contributed by atoms with van der Waals surface area (Å²) in [6.07, 6.45) is 1.89. The van der Waals surface area contributed by atoms with E-state index in [9.17, 15) is 0 Å². The van der Waals surface area contributed by atoms with Gasteiger partial charge in [0, 0.05) is 38.7 Å². The molecule has 2 heteroatoms. The highest BCUT2D eigenvalue weighted by atomic mass is 14.7. The van der Waals surface area contributed by atoms with Crippen LogP contribution in [-0.2, 0) is 0 Å². The molecule has 0 unspecified atom stereocenters. The van der Waals surface area contributed by atoms with Crippen LogP contribution in [0.1, 0.15) is 5.56 Å². The number of aryl methyl sites for hydroxylation is 1. The molecule has 0 aliphatic rings. The van der Waals surface area contributed by atoms with Gasteiger partial charge in [-0.25, -0.2) is 4.98 Å². The summed E-state index contributed by atoms with van der Waals surface area (Å²) in [5.41, 5.74) is 10.3. The topological polar surface area (TPSA) is 25.8 Å². The molecule has 0 amide bonds. The number of pyridine rings is 2. The van der Waals surface area contributed by atoms with Crippen LogP contribution in [0, 0.1) is 6.92 Å². The van der Waals surface area contributed by atoms with Gasteiger partial charge >= 0.3 is 0 Å². The zero-order chi connectivity index (χ0) is 32.5. The van der Waals surface area contributed by atoms with Crippen LogP contribution in [0.15, 0.2) is 164 Å². The van der Waals surface area contributed by atoms with Crippen LogP contribution in [0.2, 0.25) is 0 Å². The van der Waals surface area contributed by atoms with Gasteiger partial charge in [-0.2, -0.15) is 0 Å². The lowest BCUT2D eigenvalue weighted by Gasteiger charge is -2.15.